The summed E-state index contributed by atoms with van der Waals surface area (Å²) in [7, 11) is 0. The van der Waals surface area contributed by atoms with Crippen molar-refractivity contribution >= 4 is 28.7 Å². The summed E-state index contributed by atoms with van der Waals surface area (Å²) in [4.78, 5) is 31.6. The molecule has 2 aliphatic rings. The number of Topliss-reactive ketones (excluding diaryl/α,β-unsaturated/α-hetero) is 1. The number of amides is 1. The molecule has 2 aromatic rings. The minimum absolute atomic E-state index is 0.0206. The Morgan fingerprint density at radius 3 is 2.68 bits per heavy atom. The molecular formula is C21H28N4O2S. The maximum atomic E-state index is 12.9. The molecule has 28 heavy (non-hydrogen) atoms. The van der Waals surface area contributed by atoms with Gasteiger partial charge >= 0.3 is 0 Å². The van der Waals surface area contributed by atoms with Crippen molar-refractivity contribution in [1.29, 1.82) is 0 Å². The SMILES string of the molecule is CC.NNc1ccccc1C(=O)N1CCCC(c2csc(C(=O)C3CC3)n2)C1. The number of anilines is 1. The molecule has 1 amide bonds. The van der Waals surface area contributed by atoms with Gasteiger partial charge in [0.25, 0.3) is 5.91 Å². The number of carbonyl (C=O) groups excluding carboxylic acids is 2. The molecule has 1 aliphatic heterocycles. The fourth-order valence-electron chi connectivity index (χ4n) is 3.48. The summed E-state index contributed by atoms with van der Waals surface area (Å²) in [6, 6.07) is 7.27. The first-order chi connectivity index (χ1) is 13.7. The highest BCUT2D eigenvalue weighted by atomic mass is 32.1. The molecule has 1 aliphatic carbocycles. The van der Waals surface area contributed by atoms with E-state index in [2.05, 4.69) is 10.4 Å². The zero-order chi connectivity index (χ0) is 20.1. The van der Waals surface area contributed by atoms with E-state index in [4.69, 9.17) is 5.84 Å². The van der Waals surface area contributed by atoms with Gasteiger partial charge in [0, 0.05) is 30.3 Å². The summed E-state index contributed by atoms with van der Waals surface area (Å²) in [5.74, 6) is 6.08. The number of piperidine rings is 1. The summed E-state index contributed by atoms with van der Waals surface area (Å²) < 4.78 is 0. The van der Waals surface area contributed by atoms with Crippen LogP contribution in [0.15, 0.2) is 29.6 Å². The summed E-state index contributed by atoms with van der Waals surface area (Å²) in [5, 5.41) is 2.62. The number of nitrogens with two attached hydrogens (primary N) is 1. The number of rotatable bonds is 5. The van der Waals surface area contributed by atoms with E-state index in [9.17, 15) is 9.59 Å². The molecule has 0 spiro atoms. The molecule has 150 valence electrons. The monoisotopic (exact) mass is 400 g/mol. The molecule has 3 N–H and O–H groups in total. The Balaban J connectivity index is 0.00000109. The van der Waals surface area contributed by atoms with Gasteiger partial charge in [-0.15, -0.1) is 11.3 Å². The van der Waals surface area contributed by atoms with E-state index in [1.54, 1.807) is 12.1 Å². The Morgan fingerprint density at radius 1 is 1.21 bits per heavy atom. The molecule has 4 rings (SSSR count). The second kappa shape index (κ2) is 9.30. The Labute approximate surface area is 170 Å². The average Bonchev–Trinajstić information content (AvgIpc) is 3.50. The minimum Gasteiger partial charge on any atom is -0.338 e. The number of hydrogen-bond acceptors (Lipinski definition) is 6. The third-order valence-electron chi connectivity index (χ3n) is 5.12. The Hall–Kier alpha value is -2.25. The van der Waals surface area contributed by atoms with Crippen molar-refractivity contribution in [3.8, 4) is 0 Å². The van der Waals surface area contributed by atoms with Crippen LogP contribution in [0.4, 0.5) is 5.69 Å². The highest BCUT2D eigenvalue weighted by Gasteiger charge is 2.33. The van der Waals surface area contributed by atoms with E-state index >= 15 is 0 Å². The Morgan fingerprint density at radius 2 is 1.96 bits per heavy atom. The third kappa shape index (κ3) is 4.42. The Bertz CT molecular complexity index is 831. The summed E-state index contributed by atoms with van der Waals surface area (Å²) in [6.07, 6.45) is 3.90. The molecule has 6 nitrogen and oxygen atoms in total. The number of hydrazine groups is 1. The number of benzene rings is 1. The molecular weight excluding hydrogens is 372 g/mol. The van der Waals surface area contributed by atoms with Crippen LogP contribution in [-0.4, -0.2) is 34.7 Å². The van der Waals surface area contributed by atoms with Gasteiger partial charge in [0.15, 0.2) is 10.8 Å². The predicted octanol–water partition coefficient (Wildman–Crippen LogP) is 4.07. The van der Waals surface area contributed by atoms with E-state index in [0.717, 1.165) is 37.9 Å². The lowest BCUT2D eigenvalue weighted by molar-refractivity contribution is 0.0706. The van der Waals surface area contributed by atoms with Crippen molar-refractivity contribution in [2.24, 2.45) is 11.8 Å². The standard InChI is InChI=1S/C19H22N4O2S.C2H6/c20-22-15-6-2-1-5-14(15)19(25)23-9-3-4-13(10-23)16-11-26-18(21-16)17(24)12-7-8-12;1-2/h1-2,5-6,11-13,22H,3-4,7-10,20H2;1-2H3. The van der Waals surface area contributed by atoms with Gasteiger partial charge in [0.05, 0.1) is 16.9 Å². The number of carbonyl (C=O) groups is 2. The van der Waals surface area contributed by atoms with Gasteiger partial charge in [-0.1, -0.05) is 26.0 Å². The maximum Gasteiger partial charge on any atom is 0.256 e. The van der Waals surface area contributed by atoms with Crippen molar-refractivity contribution in [2.45, 2.75) is 45.4 Å². The number of nitrogen functional groups attached to an aromatic ring is 1. The Kier molecular flexibility index (Phi) is 6.80. The number of ketones is 1. The number of aromatic nitrogens is 1. The molecule has 1 atom stereocenters. The molecule has 0 radical (unpaired) electrons. The number of nitrogens with one attached hydrogen (secondary N) is 1. The van der Waals surface area contributed by atoms with Crippen LogP contribution in [-0.2, 0) is 0 Å². The van der Waals surface area contributed by atoms with Gasteiger partial charge in [-0.25, -0.2) is 4.98 Å². The molecule has 2 heterocycles. The van der Waals surface area contributed by atoms with Gasteiger partial charge in [0.1, 0.15) is 0 Å². The zero-order valence-electron chi connectivity index (χ0n) is 16.5. The van der Waals surface area contributed by atoms with Crippen molar-refractivity contribution in [3.63, 3.8) is 0 Å². The molecule has 7 heteroatoms. The van der Waals surface area contributed by atoms with E-state index in [-0.39, 0.29) is 23.5 Å². The summed E-state index contributed by atoms with van der Waals surface area (Å²) >= 11 is 1.44. The lowest BCUT2D eigenvalue weighted by Crippen LogP contribution is -2.39. The van der Waals surface area contributed by atoms with Crippen LogP contribution < -0.4 is 11.3 Å². The molecule has 2 fully saturated rings. The fraction of sp³-hybridized carbons (Fsp3) is 0.476. The molecule has 1 aromatic heterocycles. The van der Waals surface area contributed by atoms with Crippen molar-refractivity contribution in [3.05, 3.63) is 45.9 Å². The van der Waals surface area contributed by atoms with Crippen LogP contribution in [0.25, 0.3) is 0 Å². The second-order valence-corrected chi connectivity index (χ2v) is 7.85. The van der Waals surface area contributed by atoms with E-state index in [1.165, 1.54) is 11.3 Å². The first kappa shape index (κ1) is 20.5. The van der Waals surface area contributed by atoms with Gasteiger partial charge in [-0.3, -0.25) is 15.4 Å². The third-order valence-corrected chi connectivity index (χ3v) is 6.00. The number of thiazole rings is 1. The molecule has 1 saturated carbocycles. The largest absolute Gasteiger partial charge is 0.338 e. The number of para-hydroxylation sites is 1. The van der Waals surface area contributed by atoms with Crippen molar-refractivity contribution < 1.29 is 9.59 Å². The maximum absolute atomic E-state index is 12.9. The molecule has 1 aromatic carbocycles. The highest BCUT2D eigenvalue weighted by Crippen LogP contribution is 2.35. The van der Waals surface area contributed by atoms with E-state index < -0.39 is 0 Å². The minimum atomic E-state index is -0.0206. The lowest BCUT2D eigenvalue weighted by atomic mass is 9.94. The number of hydrogen-bond donors (Lipinski definition) is 2. The quantitative estimate of drug-likeness (QED) is 0.449. The number of likely N-dealkylation sites (tertiary alicyclic amines) is 1. The topological polar surface area (TPSA) is 88.3 Å². The van der Waals surface area contributed by atoms with Crippen molar-refractivity contribution in [1.82, 2.24) is 9.88 Å². The van der Waals surface area contributed by atoms with Gasteiger partial charge < -0.3 is 10.3 Å². The van der Waals surface area contributed by atoms with Crippen LogP contribution in [0.5, 0.6) is 0 Å². The smallest absolute Gasteiger partial charge is 0.256 e. The van der Waals surface area contributed by atoms with Crippen LogP contribution in [0.1, 0.15) is 71.3 Å². The normalized spacial score (nSPS) is 18.8. The summed E-state index contributed by atoms with van der Waals surface area (Å²) in [5.41, 5.74) is 4.75. The molecule has 1 unspecified atom stereocenters. The van der Waals surface area contributed by atoms with Crippen LogP contribution in [0.2, 0.25) is 0 Å². The van der Waals surface area contributed by atoms with Crippen molar-refractivity contribution in [2.75, 3.05) is 18.5 Å². The predicted molar refractivity (Wildman–Crippen MR) is 113 cm³/mol. The second-order valence-electron chi connectivity index (χ2n) is 7.00. The first-order valence-electron chi connectivity index (χ1n) is 10.0. The zero-order valence-corrected chi connectivity index (χ0v) is 17.3. The number of nitrogens with zero attached hydrogens (tertiary/aromatic N) is 2. The van der Waals surface area contributed by atoms with Crippen LogP contribution >= 0.6 is 11.3 Å². The van der Waals surface area contributed by atoms with Crippen LogP contribution in [0.3, 0.4) is 0 Å². The molecule has 0 bridgehead atoms. The van der Waals surface area contributed by atoms with Gasteiger partial charge in [-0.2, -0.15) is 0 Å². The first-order valence-corrected chi connectivity index (χ1v) is 10.9. The lowest BCUT2D eigenvalue weighted by Gasteiger charge is -2.32. The van der Waals surface area contributed by atoms with Gasteiger partial charge in [-0.05, 0) is 37.8 Å². The highest BCUT2D eigenvalue weighted by molar-refractivity contribution is 7.11. The van der Waals surface area contributed by atoms with Gasteiger partial charge in [0.2, 0.25) is 0 Å². The molecule has 1 saturated heterocycles. The summed E-state index contributed by atoms with van der Waals surface area (Å²) in [6.45, 7) is 5.35. The fourth-order valence-corrected chi connectivity index (χ4v) is 4.39. The average molecular weight is 401 g/mol. The van der Waals surface area contributed by atoms with E-state index in [1.807, 2.05) is 36.3 Å². The van der Waals surface area contributed by atoms with E-state index in [0.29, 0.717) is 22.8 Å². The van der Waals surface area contributed by atoms with Crippen LogP contribution in [0, 0.1) is 5.92 Å².